The summed E-state index contributed by atoms with van der Waals surface area (Å²) < 4.78 is 2.15. The van der Waals surface area contributed by atoms with E-state index in [1.807, 2.05) is 6.92 Å². The lowest BCUT2D eigenvalue weighted by atomic mass is 9.96. The molecule has 0 radical (unpaired) electrons. The van der Waals surface area contributed by atoms with E-state index in [9.17, 15) is 5.11 Å². The van der Waals surface area contributed by atoms with Crippen LogP contribution in [0.4, 0.5) is 0 Å². The molecule has 4 nitrogen and oxygen atoms in total. The highest BCUT2D eigenvalue weighted by atomic mass is 16.3. The van der Waals surface area contributed by atoms with Crippen LogP contribution in [-0.2, 0) is 6.54 Å². The van der Waals surface area contributed by atoms with Crippen molar-refractivity contribution >= 4 is 0 Å². The summed E-state index contributed by atoms with van der Waals surface area (Å²) in [6, 6.07) is 3.04. The standard InChI is InChI=1S/C15H27N3O/c1-12(10-13(2)19)16-11-14-8-9-18(17-14)15-6-4-3-5-7-15/h8-9,12-13,15-16,19H,3-7,10-11H2,1-2H3. The van der Waals surface area contributed by atoms with Gasteiger partial charge >= 0.3 is 0 Å². The first-order valence-corrected chi connectivity index (χ1v) is 7.60. The largest absolute Gasteiger partial charge is 0.393 e. The van der Waals surface area contributed by atoms with Gasteiger partial charge in [0, 0.05) is 18.8 Å². The third-order valence-electron chi connectivity index (χ3n) is 3.94. The SMILES string of the molecule is CC(O)CC(C)NCc1ccn(C2CCCCC2)n1. The van der Waals surface area contributed by atoms with Crippen molar-refractivity contribution in [2.24, 2.45) is 0 Å². The van der Waals surface area contributed by atoms with E-state index in [0.717, 1.165) is 18.7 Å². The van der Waals surface area contributed by atoms with Gasteiger partial charge in [0.15, 0.2) is 0 Å². The average Bonchev–Trinajstić information content (AvgIpc) is 2.85. The molecule has 2 N–H and O–H groups in total. The highest BCUT2D eigenvalue weighted by Crippen LogP contribution is 2.27. The second-order valence-electron chi connectivity index (χ2n) is 5.95. The van der Waals surface area contributed by atoms with Crippen molar-refractivity contribution in [1.82, 2.24) is 15.1 Å². The van der Waals surface area contributed by atoms with Crippen molar-refractivity contribution in [3.63, 3.8) is 0 Å². The highest BCUT2D eigenvalue weighted by molar-refractivity contribution is 5.00. The van der Waals surface area contributed by atoms with Crippen LogP contribution in [-0.4, -0.2) is 27.0 Å². The molecule has 19 heavy (non-hydrogen) atoms. The quantitative estimate of drug-likeness (QED) is 0.831. The molecule has 0 saturated heterocycles. The Hall–Kier alpha value is -0.870. The van der Waals surface area contributed by atoms with E-state index in [1.54, 1.807) is 0 Å². The molecule has 2 rings (SSSR count). The van der Waals surface area contributed by atoms with Gasteiger partial charge in [-0.25, -0.2) is 0 Å². The molecule has 1 aromatic heterocycles. The van der Waals surface area contributed by atoms with Gasteiger partial charge in [0.2, 0.25) is 0 Å². The van der Waals surface area contributed by atoms with E-state index >= 15 is 0 Å². The number of aromatic nitrogens is 2. The van der Waals surface area contributed by atoms with Crippen LogP contribution < -0.4 is 5.32 Å². The van der Waals surface area contributed by atoms with Crippen molar-refractivity contribution in [3.8, 4) is 0 Å². The highest BCUT2D eigenvalue weighted by Gasteiger charge is 2.16. The first-order valence-electron chi connectivity index (χ1n) is 7.60. The van der Waals surface area contributed by atoms with Crippen molar-refractivity contribution in [2.75, 3.05) is 0 Å². The van der Waals surface area contributed by atoms with E-state index in [2.05, 4.69) is 34.3 Å². The lowest BCUT2D eigenvalue weighted by Crippen LogP contribution is -2.29. The van der Waals surface area contributed by atoms with Gasteiger partial charge in [-0.3, -0.25) is 4.68 Å². The number of hydrogen-bond acceptors (Lipinski definition) is 3. The van der Waals surface area contributed by atoms with E-state index < -0.39 is 0 Å². The molecule has 1 heterocycles. The van der Waals surface area contributed by atoms with Crippen LogP contribution in [0.1, 0.15) is 64.1 Å². The molecule has 0 spiro atoms. The number of rotatable bonds is 6. The minimum atomic E-state index is -0.248. The predicted molar refractivity (Wildman–Crippen MR) is 76.9 cm³/mol. The maximum absolute atomic E-state index is 9.33. The van der Waals surface area contributed by atoms with Gasteiger partial charge in [-0.15, -0.1) is 0 Å². The monoisotopic (exact) mass is 265 g/mol. The Labute approximate surface area is 116 Å². The summed E-state index contributed by atoms with van der Waals surface area (Å²) >= 11 is 0. The molecule has 2 unspecified atom stereocenters. The summed E-state index contributed by atoms with van der Waals surface area (Å²) in [7, 11) is 0. The third kappa shape index (κ3) is 4.62. The van der Waals surface area contributed by atoms with Crippen LogP contribution in [0.2, 0.25) is 0 Å². The van der Waals surface area contributed by atoms with Gasteiger partial charge in [0.25, 0.3) is 0 Å². The van der Waals surface area contributed by atoms with Gasteiger partial charge < -0.3 is 10.4 Å². The van der Waals surface area contributed by atoms with Gasteiger partial charge in [-0.1, -0.05) is 19.3 Å². The summed E-state index contributed by atoms with van der Waals surface area (Å²) in [5, 5.41) is 17.4. The van der Waals surface area contributed by atoms with E-state index in [-0.39, 0.29) is 6.10 Å². The molecule has 108 valence electrons. The smallest absolute Gasteiger partial charge is 0.0762 e. The molecule has 0 aromatic carbocycles. The summed E-state index contributed by atoms with van der Waals surface area (Å²) in [6.07, 6.45) is 9.24. The summed E-state index contributed by atoms with van der Waals surface area (Å²) in [6.45, 7) is 4.72. The fraction of sp³-hybridized carbons (Fsp3) is 0.800. The minimum Gasteiger partial charge on any atom is -0.393 e. The summed E-state index contributed by atoms with van der Waals surface area (Å²) in [5.41, 5.74) is 1.10. The van der Waals surface area contributed by atoms with Gasteiger partial charge in [-0.05, 0) is 39.2 Å². The van der Waals surface area contributed by atoms with Crippen LogP contribution >= 0.6 is 0 Å². The molecule has 0 amide bonds. The number of nitrogens with zero attached hydrogens (tertiary/aromatic N) is 2. The molecule has 1 aliphatic carbocycles. The molecule has 1 fully saturated rings. The topological polar surface area (TPSA) is 50.1 Å². The first-order chi connectivity index (χ1) is 9.15. The molecule has 1 aromatic rings. The van der Waals surface area contributed by atoms with E-state index in [4.69, 9.17) is 0 Å². The lowest BCUT2D eigenvalue weighted by Gasteiger charge is -2.21. The number of aliphatic hydroxyl groups is 1. The molecule has 2 atom stereocenters. The Morgan fingerprint density at radius 1 is 1.37 bits per heavy atom. The van der Waals surface area contributed by atoms with Gasteiger partial charge in [0.1, 0.15) is 0 Å². The number of aliphatic hydroxyl groups excluding tert-OH is 1. The van der Waals surface area contributed by atoms with Crippen molar-refractivity contribution in [1.29, 1.82) is 0 Å². The Morgan fingerprint density at radius 3 is 2.79 bits per heavy atom. The zero-order valence-electron chi connectivity index (χ0n) is 12.2. The minimum absolute atomic E-state index is 0.248. The Bertz CT molecular complexity index is 369. The number of hydrogen-bond donors (Lipinski definition) is 2. The van der Waals surface area contributed by atoms with Crippen molar-refractivity contribution in [3.05, 3.63) is 18.0 Å². The zero-order valence-corrected chi connectivity index (χ0v) is 12.2. The fourth-order valence-electron chi connectivity index (χ4n) is 2.89. The molecular weight excluding hydrogens is 238 g/mol. The summed E-state index contributed by atoms with van der Waals surface area (Å²) in [5.74, 6) is 0. The van der Waals surface area contributed by atoms with Crippen LogP contribution in [0, 0.1) is 0 Å². The van der Waals surface area contributed by atoms with Crippen LogP contribution in [0.25, 0.3) is 0 Å². The molecule has 4 heteroatoms. The molecule has 1 saturated carbocycles. The third-order valence-corrected chi connectivity index (χ3v) is 3.94. The molecule has 1 aliphatic rings. The molecule has 0 aliphatic heterocycles. The average molecular weight is 265 g/mol. The van der Waals surface area contributed by atoms with Crippen LogP contribution in [0.15, 0.2) is 12.3 Å². The van der Waals surface area contributed by atoms with Crippen molar-refractivity contribution < 1.29 is 5.11 Å². The predicted octanol–water partition coefficient (Wildman–Crippen LogP) is 2.64. The van der Waals surface area contributed by atoms with Crippen molar-refractivity contribution in [2.45, 2.75) is 77.1 Å². The molecular formula is C15H27N3O. The van der Waals surface area contributed by atoms with Crippen LogP contribution in [0.3, 0.4) is 0 Å². The van der Waals surface area contributed by atoms with E-state index in [1.165, 1.54) is 32.1 Å². The fourth-order valence-corrected chi connectivity index (χ4v) is 2.89. The Kier molecular flexibility index (Phi) is 5.40. The Morgan fingerprint density at radius 2 is 2.11 bits per heavy atom. The first kappa shape index (κ1) is 14.5. The Balaban J connectivity index is 1.80. The zero-order chi connectivity index (χ0) is 13.7. The second-order valence-corrected chi connectivity index (χ2v) is 5.95. The normalized spacial score (nSPS) is 20.4. The maximum atomic E-state index is 9.33. The van der Waals surface area contributed by atoms with Crippen LogP contribution in [0.5, 0.6) is 0 Å². The second kappa shape index (κ2) is 7.06. The molecule has 0 bridgehead atoms. The lowest BCUT2D eigenvalue weighted by molar-refractivity contribution is 0.170. The summed E-state index contributed by atoms with van der Waals surface area (Å²) in [4.78, 5) is 0. The van der Waals surface area contributed by atoms with E-state index in [0.29, 0.717) is 12.1 Å². The maximum Gasteiger partial charge on any atom is 0.0762 e. The van der Waals surface area contributed by atoms with Gasteiger partial charge in [0.05, 0.1) is 17.8 Å². The number of nitrogens with one attached hydrogen (secondary N) is 1. The van der Waals surface area contributed by atoms with Gasteiger partial charge in [-0.2, -0.15) is 5.10 Å².